The third kappa shape index (κ3) is 4.51. The molecule has 0 aliphatic heterocycles. The highest BCUT2D eigenvalue weighted by Gasteiger charge is 2.38. The average Bonchev–Trinajstić information content (AvgIpc) is 3.17. The summed E-state index contributed by atoms with van der Waals surface area (Å²) in [6.07, 6.45) is 0.785. The van der Waals surface area contributed by atoms with E-state index in [-0.39, 0.29) is 5.92 Å². The molecule has 2 rings (SSSR count). The van der Waals surface area contributed by atoms with Crippen LogP contribution in [-0.2, 0) is 9.59 Å². The summed E-state index contributed by atoms with van der Waals surface area (Å²) >= 11 is 11.7. The summed E-state index contributed by atoms with van der Waals surface area (Å²) in [4.78, 5) is 23.1. The highest BCUT2D eigenvalue weighted by molar-refractivity contribution is 6.34. The second-order valence-electron chi connectivity index (χ2n) is 5.03. The molecule has 1 aromatic rings. The lowest BCUT2D eigenvalue weighted by Gasteiger charge is -2.18. The molecule has 21 heavy (non-hydrogen) atoms. The third-order valence-corrected chi connectivity index (χ3v) is 3.61. The van der Waals surface area contributed by atoms with Crippen LogP contribution in [0.3, 0.4) is 0 Å². The summed E-state index contributed by atoms with van der Waals surface area (Å²) in [5, 5.41) is 12.4. The van der Waals surface area contributed by atoms with E-state index in [1.54, 1.807) is 6.07 Å². The van der Waals surface area contributed by atoms with Gasteiger partial charge < -0.3 is 15.2 Å². The fourth-order valence-electron chi connectivity index (χ4n) is 1.94. The number of ether oxygens (including phenoxy) is 1. The molecule has 0 bridgehead atoms. The second kappa shape index (κ2) is 6.54. The minimum absolute atomic E-state index is 0.0132. The summed E-state index contributed by atoms with van der Waals surface area (Å²) in [6.45, 7) is 1.54. The Morgan fingerprint density at radius 1 is 1.29 bits per heavy atom. The normalized spacial score (nSPS) is 16.9. The molecule has 1 amide bonds. The number of carbonyl (C=O) groups excluding carboxylic acids is 1. The maximum absolute atomic E-state index is 12.0. The highest BCUT2D eigenvalue weighted by atomic mass is 35.5. The van der Waals surface area contributed by atoms with Crippen molar-refractivity contribution in [1.29, 1.82) is 0 Å². The van der Waals surface area contributed by atoms with E-state index in [1.165, 1.54) is 19.1 Å². The van der Waals surface area contributed by atoms with Gasteiger partial charge in [-0.1, -0.05) is 23.2 Å². The smallest absolute Gasteiger partial charge is 0.326 e. The Kier molecular flexibility index (Phi) is 4.96. The molecule has 0 radical (unpaired) electrons. The molecule has 1 saturated carbocycles. The summed E-state index contributed by atoms with van der Waals surface area (Å²) < 4.78 is 5.44. The molecule has 1 aromatic carbocycles. The van der Waals surface area contributed by atoms with Crippen LogP contribution in [0.15, 0.2) is 18.2 Å². The summed E-state index contributed by atoms with van der Waals surface area (Å²) in [7, 11) is 0. The van der Waals surface area contributed by atoms with E-state index in [0.717, 1.165) is 12.8 Å². The van der Waals surface area contributed by atoms with Gasteiger partial charge in [0.25, 0.3) is 5.91 Å². The van der Waals surface area contributed by atoms with Gasteiger partial charge in [-0.15, -0.1) is 0 Å². The van der Waals surface area contributed by atoms with Crippen LogP contribution in [0.25, 0.3) is 0 Å². The van der Waals surface area contributed by atoms with Crippen LogP contribution in [-0.4, -0.2) is 29.1 Å². The summed E-state index contributed by atoms with van der Waals surface area (Å²) in [5.74, 6) is -1.14. The topological polar surface area (TPSA) is 75.6 Å². The molecule has 7 heteroatoms. The molecule has 2 unspecified atom stereocenters. The Morgan fingerprint density at radius 2 is 1.86 bits per heavy atom. The number of benzene rings is 1. The van der Waals surface area contributed by atoms with Gasteiger partial charge in [-0.25, -0.2) is 4.79 Å². The molecule has 1 aliphatic carbocycles. The standard InChI is InChI=1S/C14H15Cl2NO4/c1-7(21-11-5-9(15)4-10(16)6-11)13(18)17-12(14(19)20)8-2-3-8/h4-8,12H,2-3H2,1H3,(H,17,18)(H,19,20). The van der Waals surface area contributed by atoms with E-state index in [1.807, 2.05) is 0 Å². The van der Waals surface area contributed by atoms with Crippen LogP contribution < -0.4 is 10.1 Å². The SMILES string of the molecule is CC(Oc1cc(Cl)cc(Cl)c1)C(=O)NC(C(=O)O)C1CC1. The van der Waals surface area contributed by atoms with Crippen molar-refractivity contribution in [2.24, 2.45) is 5.92 Å². The number of aliphatic carboxylic acids is 1. The number of hydrogen-bond acceptors (Lipinski definition) is 3. The molecule has 0 saturated heterocycles. The van der Waals surface area contributed by atoms with E-state index < -0.39 is 24.0 Å². The highest BCUT2D eigenvalue weighted by Crippen LogP contribution is 2.33. The predicted molar refractivity (Wildman–Crippen MR) is 78.8 cm³/mol. The van der Waals surface area contributed by atoms with Crippen molar-refractivity contribution in [2.45, 2.75) is 31.9 Å². The maximum atomic E-state index is 12.0. The minimum Gasteiger partial charge on any atom is -0.481 e. The first kappa shape index (κ1) is 15.9. The summed E-state index contributed by atoms with van der Waals surface area (Å²) in [6, 6.07) is 3.76. The van der Waals surface area contributed by atoms with E-state index in [9.17, 15) is 9.59 Å². The van der Waals surface area contributed by atoms with Crippen LogP contribution in [0, 0.1) is 5.92 Å². The van der Waals surface area contributed by atoms with E-state index >= 15 is 0 Å². The first-order valence-electron chi connectivity index (χ1n) is 6.52. The number of halogens is 2. The van der Waals surface area contributed by atoms with Crippen LogP contribution >= 0.6 is 23.2 Å². The molecule has 0 spiro atoms. The van der Waals surface area contributed by atoms with Gasteiger partial charge in [0, 0.05) is 10.0 Å². The van der Waals surface area contributed by atoms with Crippen molar-refractivity contribution < 1.29 is 19.4 Å². The monoisotopic (exact) mass is 331 g/mol. The van der Waals surface area contributed by atoms with Gasteiger partial charge in [0.05, 0.1) is 0 Å². The molecule has 1 aliphatic rings. The molecule has 0 aromatic heterocycles. The van der Waals surface area contributed by atoms with Gasteiger partial charge in [-0.05, 0) is 43.9 Å². The van der Waals surface area contributed by atoms with Crippen molar-refractivity contribution in [3.05, 3.63) is 28.2 Å². The fourth-order valence-corrected chi connectivity index (χ4v) is 2.44. The zero-order chi connectivity index (χ0) is 15.6. The van der Waals surface area contributed by atoms with Crippen molar-refractivity contribution >= 4 is 35.1 Å². The predicted octanol–water partition coefficient (Wildman–Crippen LogP) is 2.74. The third-order valence-electron chi connectivity index (χ3n) is 3.18. The number of hydrogen-bond donors (Lipinski definition) is 2. The van der Waals surface area contributed by atoms with Crippen LogP contribution in [0.4, 0.5) is 0 Å². The molecule has 2 atom stereocenters. The summed E-state index contributed by atoms with van der Waals surface area (Å²) in [5.41, 5.74) is 0. The quantitative estimate of drug-likeness (QED) is 0.840. The van der Waals surface area contributed by atoms with Crippen LogP contribution in [0.2, 0.25) is 10.0 Å². The molecule has 0 heterocycles. The lowest BCUT2D eigenvalue weighted by Crippen LogP contribution is -2.47. The average molecular weight is 332 g/mol. The first-order chi connectivity index (χ1) is 9.86. The van der Waals surface area contributed by atoms with Crippen LogP contribution in [0.1, 0.15) is 19.8 Å². The number of carboxylic acid groups (broad SMARTS) is 1. The van der Waals surface area contributed by atoms with Gasteiger partial charge in [0.2, 0.25) is 0 Å². The van der Waals surface area contributed by atoms with Gasteiger partial charge in [0.1, 0.15) is 11.8 Å². The molecule has 5 nitrogen and oxygen atoms in total. The lowest BCUT2D eigenvalue weighted by atomic mass is 10.2. The number of carbonyl (C=O) groups is 2. The Bertz CT molecular complexity index is 540. The van der Waals surface area contributed by atoms with Gasteiger partial charge in [0.15, 0.2) is 6.10 Å². The van der Waals surface area contributed by atoms with E-state index in [4.69, 9.17) is 33.0 Å². The van der Waals surface area contributed by atoms with Crippen molar-refractivity contribution in [1.82, 2.24) is 5.32 Å². The Morgan fingerprint density at radius 3 is 2.33 bits per heavy atom. The van der Waals surface area contributed by atoms with Crippen molar-refractivity contribution in [2.75, 3.05) is 0 Å². The van der Waals surface area contributed by atoms with Gasteiger partial charge in [-0.2, -0.15) is 0 Å². The minimum atomic E-state index is -1.02. The Balaban J connectivity index is 1.97. The maximum Gasteiger partial charge on any atom is 0.326 e. The van der Waals surface area contributed by atoms with Gasteiger partial charge in [-0.3, -0.25) is 4.79 Å². The Labute approximate surface area is 132 Å². The molecule has 2 N–H and O–H groups in total. The number of rotatable bonds is 6. The van der Waals surface area contributed by atoms with E-state index in [2.05, 4.69) is 5.32 Å². The molecular weight excluding hydrogens is 317 g/mol. The molecular formula is C14H15Cl2NO4. The number of amides is 1. The number of nitrogens with one attached hydrogen (secondary N) is 1. The largest absolute Gasteiger partial charge is 0.481 e. The first-order valence-corrected chi connectivity index (χ1v) is 7.28. The fraction of sp³-hybridized carbons (Fsp3) is 0.429. The lowest BCUT2D eigenvalue weighted by molar-refractivity contribution is -0.143. The van der Waals surface area contributed by atoms with Crippen molar-refractivity contribution in [3.8, 4) is 5.75 Å². The van der Waals surface area contributed by atoms with Crippen molar-refractivity contribution in [3.63, 3.8) is 0 Å². The molecule has 114 valence electrons. The zero-order valence-electron chi connectivity index (χ0n) is 11.3. The second-order valence-corrected chi connectivity index (χ2v) is 5.90. The van der Waals surface area contributed by atoms with Crippen LogP contribution in [0.5, 0.6) is 5.75 Å². The zero-order valence-corrected chi connectivity index (χ0v) is 12.8. The molecule has 1 fully saturated rings. The Hall–Kier alpha value is -1.46. The number of carboxylic acids is 1. The van der Waals surface area contributed by atoms with E-state index in [0.29, 0.717) is 15.8 Å². The van der Waals surface area contributed by atoms with Gasteiger partial charge >= 0.3 is 5.97 Å².